The van der Waals surface area contributed by atoms with Crippen molar-refractivity contribution >= 4 is 29.1 Å². The Morgan fingerprint density at radius 2 is 2.00 bits per heavy atom. The van der Waals surface area contributed by atoms with Crippen LogP contribution in [-0.2, 0) is 0 Å². The van der Waals surface area contributed by atoms with E-state index >= 15 is 0 Å². The van der Waals surface area contributed by atoms with E-state index in [2.05, 4.69) is 32.3 Å². The summed E-state index contributed by atoms with van der Waals surface area (Å²) in [4.78, 5) is 11.5. The molecule has 1 aromatic carbocycles. The summed E-state index contributed by atoms with van der Waals surface area (Å²) < 4.78 is 0. The molecule has 136 valence electrons. The Bertz CT molecular complexity index is 876. The first-order chi connectivity index (χ1) is 12.5. The van der Waals surface area contributed by atoms with Gasteiger partial charge in [0.05, 0.1) is 0 Å². The number of benzene rings is 1. The van der Waals surface area contributed by atoms with Crippen LogP contribution in [0.4, 0.5) is 17.5 Å². The second-order valence-electron chi connectivity index (χ2n) is 6.28. The fourth-order valence-corrected chi connectivity index (χ4v) is 2.76. The number of anilines is 3. The van der Waals surface area contributed by atoms with E-state index in [1.54, 1.807) is 0 Å². The molecule has 0 atom stereocenters. The lowest BCUT2D eigenvalue weighted by Gasteiger charge is -2.19. The standard InChI is InChI=1S/C19H23ClN6/c1-4-5-9-26(3)18-12-16(21-17-10-13(2)24-25-17)22-19(23-18)14-7-6-8-15(20)11-14/h6-8,10-12H,4-5,9H2,1-3H3,(H2,21,22,23,24,25). The van der Waals surface area contributed by atoms with Crippen LogP contribution >= 0.6 is 11.6 Å². The maximum atomic E-state index is 6.14. The molecule has 0 aliphatic carbocycles. The zero-order valence-corrected chi connectivity index (χ0v) is 16.0. The minimum atomic E-state index is 0.628. The van der Waals surface area contributed by atoms with Crippen LogP contribution in [0.5, 0.6) is 0 Å². The number of halogens is 1. The molecule has 26 heavy (non-hydrogen) atoms. The van der Waals surface area contributed by atoms with Crippen LogP contribution in [0.3, 0.4) is 0 Å². The Balaban J connectivity index is 1.98. The molecule has 0 aliphatic heterocycles. The Morgan fingerprint density at radius 1 is 1.15 bits per heavy atom. The number of aromatic amines is 1. The summed E-state index contributed by atoms with van der Waals surface area (Å²) in [5.74, 6) is 2.90. The first-order valence-corrected chi connectivity index (χ1v) is 9.08. The molecule has 6 nitrogen and oxygen atoms in total. The molecule has 0 saturated carbocycles. The quantitative estimate of drug-likeness (QED) is 0.624. The van der Waals surface area contributed by atoms with Crippen molar-refractivity contribution in [3.8, 4) is 11.4 Å². The Hall–Kier alpha value is -2.60. The molecule has 0 fully saturated rings. The van der Waals surface area contributed by atoms with Gasteiger partial charge in [0.15, 0.2) is 11.6 Å². The molecule has 3 rings (SSSR count). The molecule has 2 heterocycles. The number of aryl methyl sites for hydroxylation is 1. The first-order valence-electron chi connectivity index (χ1n) is 8.70. The van der Waals surface area contributed by atoms with Gasteiger partial charge in [0.1, 0.15) is 11.6 Å². The van der Waals surface area contributed by atoms with Crippen molar-refractivity contribution in [2.45, 2.75) is 26.7 Å². The first kappa shape index (κ1) is 18.2. The van der Waals surface area contributed by atoms with Gasteiger partial charge in [-0.1, -0.05) is 37.1 Å². The topological polar surface area (TPSA) is 69.7 Å². The molecule has 0 saturated heterocycles. The third kappa shape index (κ3) is 4.52. The highest BCUT2D eigenvalue weighted by Crippen LogP contribution is 2.25. The van der Waals surface area contributed by atoms with Gasteiger partial charge in [-0.3, -0.25) is 5.10 Å². The lowest BCUT2D eigenvalue weighted by atomic mass is 10.2. The van der Waals surface area contributed by atoms with Gasteiger partial charge in [-0.05, 0) is 25.5 Å². The zero-order chi connectivity index (χ0) is 18.5. The lowest BCUT2D eigenvalue weighted by molar-refractivity contribution is 0.759. The number of unbranched alkanes of at least 4 members (excludes halogenated alkanes) is 1. The predicted molar refractivity (Wildman–Crippen MR) is 107 cm³/mol. The second-order valence-corrected chi connectivity index (χ2v) is 6.72. The van der Waals surface area contributed by atoms with Crippen LogP contribution in [0.25, 0.3) is 11.4 Å². The molecule has 2 aromatic heterocycles. The summed E-state index contributed by atoms with van der Waals surface area (Å²) in [6, 6.07) is 11.4. The van der Waals surface area contributed by atoms with Gasteiger partial charge in [0, 0.05) is 42.0 Å². The van der Waals surface area contributed by atoms with Crippen LogP contribution in [-0.4, -0.2) is 33.8 Å². The molecule has 0 bridgehead atoms. The van der Waals surface area contributed by atoms with Crippen molar-refractivity contribution in [3.05, 3.63) is 47.1 Å². The summed E-state index contributed by atoms with van der Waals surface area (Å²) in [6.07, 6.45) is 2.24. The SMILES string of the molecule is CCCCN(C)c1cc(Nc2cc(C)[nH]n2)nc(-c2cccc(Cl)c2)n1. The maximum absolute atomic E-state index is 6.14. The second kappa shape index (κ2) is 8.19. The normalized spacial score (nSPS) is 10.8. The Morgan fingerprint density at radius 3 is 2.69 bits per heavy atom. The van der Waals surface area contributed by atoms with Crippen LogP contribution in [0, 0.1) is 6.92 Å². The highest BCUT2D eigenvalue weighted by molar-refractivity contribution is 6.30. The van der Waals surface area contributed by atoms with E-state index in [1.165, 1.54) is 0 Å². The molecule has 7 heteroatoms. The van der Waals surface area contributed by atoms with Crippen molar-refractivity contribution in [2.24, 2.45) is 0 Å². The highest BCUT2D eigenvalue weighted by atomic mass is 35.5. The zero-order valence-electron chi connectivity index (χ0n) is 15.3. The number of hydrogen-bond acceptors (Lipinski definition) is 5. The van der Waals surface area contributed by atoms with Crippen molar-refractivity contribution in [1.82, 2.24) is 20.2 Å². The number of nitrogens with one attached hydrogen (secondary N) is 2. The number of hydrogen-bond donors (Lipinski definition) is 2. The van der Waals surface area contributed by atoms with Gasteiger partial charge in [0.25, 0.3) is 0 Å². The summed E-state index contributed by atoms with van der Waals surface area (Å²) >= 11 is 6.14. The maximum Gasteiger partial charge on any atom is 0.163 e. The van der Waals surface area contributed by atoms with Crippen LogP contribution in [0.15, 0.2) is 36.4 Å². The van der Waals surface area contributed by atoms with E-state index < -0.39 is 0 Å². The van der Waals surface area contributed by atoms with Gasteiger partial charge in [0.2, 0.25) is 0 Å². The summed E-state index contributed by atoms with van der Waals surface area (Å²) in [5, 5.41) is 11.1. The van der Waals surface area contributed by atoms with Crippen molar-refractivity contribution in [2.75, 3.05) is 23.8 Å². The van der Waals surface area contributed by atoms with E-state index in [0.29, 0.717) is 16.7 Å². The molecular weight excluding hydrogens is 348 g/mol. The fourth-order valence-electron chi connectivity index (χ4n) is 2.57. The Kier molecular flexibility index (Phi) is 5.73. The third-order valence-electron chi connectivity index (χ3n) is 4.00. The van der Waals surface area contributed by atoms with Gasteiger partial charge in [-0.25, -0.2) is 9.97 Å². The average Bonchev–Trinajstić information content (AvgIpc) is 3.04. The number of rotatable bonds is 7. The summed E-state index contributed by atoms with van der Waals surface area (Å²) in [6.45, 7) is 5.07. The molecule has 0 unspecified atom stereocenters. The molecule has 0 radical (unpaired) electrons. The van der Waals surface area contributed by atoms with Crippen LogP contribution < -0.4 is 10.2 Å². The third-order valence-corrected chi connectivity index (χ3v) is 4.23. The van der Waals surface area contributed by atoms with E-state index in [0.717, 1.165) is 42.3 Å². The molecule has 2 N–H and O–H groups in total. The molecule has 0 aliphatic rings. The van der Waals surface area contributed by atoms with Crippen LogP contribution in [0.2, 0.25) is 5.02 Å². The van der Waals surface area contributed by atoms with E-state index in [4.69, 9.17) is 16.6 Å². The van der Waals surface area contributed by atoms with E-state index in [1.807, 2.05) is 50.4 Å². The minimum absolute atomic E-state index is 0.628. The summed E-state index contributed by atoms with van der Waals surface area (Å²) in [5.41, 5.74) is 1.86. The van der Waals surface area contributed by atoms with Crippen molar-refractivity contribution < 1.29 is 0 Å². The number of aromatic nitrogens is 4. The van der Waals surface area contributed by atoms with Gasteiger partial charge >= 0.3 is 0 Å². The lowest BCUT2D eigenvalue weighted by Crippen LogP contribution is -2.20. The predicted octanol–water partition coefficient (Wildman–Crippen LogP) is 4.81. The van der Waals surface area contributed by atoms with E-state index in [9.17, 15) is 0 Å². The summed E-state index contributed by atoms with van der Waals surface area (Å²) in [7, 11) is 2.04. The molecule has 3 aromatic rings. The van der Waals surface area contributed by atoms with E-state index in [-0.39, 0.29) is 0 Å². The fraction of sp³-hybridized carbons (Fsp3) is 0.316. The smallest absolute Gasteiger partial charge is 0.163 e. The monoisotopic (exact) mass is 370 g/mol. The van der Waals surface area contributed by atoms with Crippen molar-refractivity contribution in [1.29, 1.82) is 0 Å². The minimum Gasteiger partial charge on any atom is -0.359 e. The molecule has 0 amide bonds. The van der Waals surface area contributed by atoms with Crippen LogP contribution in [0.1, 0.15) is 25.5 Å². The van der Waals surface area contributed by atoms with Crippen molar-refractivity contribution in [3.63, 3.8) is 0 Å². The Labute approximate surface area is 158 Å². The molecular formula is C19H23ClN6. The van der Waals surface area contributed by atoms with Gasteiger partial charge in [-0.2, -0.15) is 5.10 Å². The number of H-pyrrole nitrogens is 1. The highest BCUT2D eigenvalue weighted by Gasteiger charge is 2.11. The number of nitrogens with zero attached hydrogens (tertiary/aromatic N) is 4. The largest absolute Gasteiger partial charge is 0.359 e. The average molecular weight is 371 g/mol. The molecule has 0 spiro atoms. The van der Waals surface area contributed by atoms with Gasteiger partial charge in [-0.15, -0.1) is 0 Å². The van der Waals surface area contributed by atoms with Gasteiger partial charge < -0.3 is 10.2 Å².